The van der Waals surface area contributed by atoms with Crippen molar-refractivity contribution in [3.8, 4) is 17.2 Å². The first-order chi connectivity index (χ1) is 19.2. The molecule has 14 heteroatoms. The molecule has 218 valence electrons. The number of aryl methyl sites for hydroxylation is 1. The number of aromatic nitrogens is 5. The number of likely N-dealkylation sites (N-methyl/N-ethyl adjacent to an activating group) is 1. The monoisotopic (exact) mass is 574 g/mol. The van der Waals surface area contributed by atoms with Gasteiger partial charge in [-0.1, -0.05) is 6.07 Å². The number of nitrogens with zero attached hydrogens (tertiary/aromatic N) is 7. The fourth-order valence-corrected chi connectivity index (χ4v) is 5.73. The Labute approximate surface area is 235 Å². The van der Waals surface area contributed by atoms with Gasteiger partial charge in [0.25, 0.3) is 0 Å². The smallest absolute Gasteiger partial charge is 0.243 e. The van der Waals surface area contributed by atoms with Gasteiger partial charge in [-0.25, -0.2) is 18.4 Å². The Morgan fingerprint density at radius 3 is 2.20 bits per heavy atom. The number of para-hydroxylation sites is 1. The molecule has 0 unspecified atom stereocenters. The minimum Gasteiger partial charge on any atom is -0.494 e. The summed E-state index contributed by atoms with van der Waals surface area (Å²) in [7, 11) is 2.57. The van der Waals surface area contributed by atoms with E-state index in [2.05, 4.69) is 41.7 Å². The van der Waals surface area contributed by atoms with Crippen LogP contribution in [0.4, 0.5) is 5.95 Å². The fraction of sp³-hybridized carbons (Fsp3) is 0.538. The van der Waals surface area contributed by atoms with E-state index in [0.717, 1.165) is 38.3 Å². The Balaban J connectivity index is 1.70. The minimum absolute atomic E-state index is 0.0164. The number of nitrogens with one attached hydrogen (secondary N) is 1. The number of piperazine rings is 1. The summed E-state index contributed by atoms with van der Waals surface area (Å²) in [5, 5.41) is 7.61. The predicted molar refractivity (Wildman–Crippen MR) is 151 cm³/mol. The van der Waals surface area contributed by atoms with E-state index in [1.807, 2.05) is 6.92 Å². The van der Waals surface area contributed by atoms with E-state index in [9.17, 15) is 8.42 Å². The zero-order chi connectivity index (χ0) is 28.9. The van der Waals surface area contributed by atoms with Gasteiger partial charge in [0.1, 0.15) is 34.4 Å². The van der Waals surface area contributed by atoms with Crippen LogP contribution < -0.4 is 14.2 Å². The molecule has 1 fully saturated rings. The summed E-state index contributed by atoms with van der Waals surface area (Å²) in [6.07, 6.45) is 2.87. The molecule has 3 aromatic rings. The number of benzene rings is 1. The first-order valence-corrected chi connectivity index (χ1v) is 14.6. The number of sulfonamides is 1. The largest absolute Gasteiger partial charge is 0.494 e. The molecular formula is C26H38N8O5S. The van der Waals surface area contributed by atoms with Crippen molar-refractivity contribution in [2.24, 2.45) is 0 Å². The molecular weight excluding hydrogens is 536 g/mol. The standard InChI is InChI=1S/C26H38N8O5S/c1-18-16-27-25(28-17-18)24(39-6)19(2)40(35,36)31-26-30-29-22(10-11-33-14-12-32(3)13-15-33)34(26)23-20(37-4)8-7-9-21(23)38-5/h7-9,16-17,19,24H,10-15H2,1-6H3,(H,30,31)/t19-,24-/m0/s1. The maximum atomic E-state index is 13.7. The summed E-state index contributed by atoms with van der Waals surface area (Å²) in [5.41, 5.74) is 1.36. The van der Waals surface area contributed by atoms with E-state index in [0.29, 0.717) is 29.4 Å². The second-order valence-electron chi connectivity index (χ2n) is 9.81. The molecule has 0 radical (unpaired) electrons. The van der Waals surface area contributed by atoms with Gasteiger partial charge in [0.05, 0.1) is 14.2 Å². The van der Waals surface area contributed by atoms with Gasteiger partial charge < -0.3 is 24.0 Å². The van der Waals surface area contributed by atoms with Crippen LogP contribution in [-0.4, -0.2) is 109 Å². The Morgan fingerprint density at radius 1 is 1.00 bits per heavy atom. The molecule has 0 saturated carbocycles. The van der Waals surface area contributed by atoms with Gasteiger partial charge in [-0.2, -0.15) is 0 Å². The lowest BCUT2D eigenvalue weighted by atomic mass is 10.2. The third-order valence-electron chi connectivity index (χ3n) is 7.06. The summed E-state index contributed by atoms with van der Waals surface area (Å²) in [6, 6.07) is 5.35. The van der Waals surface area contributed by atoms with Gasteiger partial charge in [-0.15, -0.1) is 10.2 Å². The highest BCUT2D eigenvalue weighted by Crippen LogP contribution is 2.36. The Morgan fingerprint density at radius 2 is 1.62 bits per heavy atom. The van der Waals surface area contributed by atoms with Crippen LogP contribution >= 0.6 is 0 Å². The van der Waals surface area contributed by atoms with Gasteiger partial charge in [0.2, 0.25) is 16.0 Å². The predicted octanol–water partition coefficient (Wildman–Crippen LogP) is 1.69. The molecule has 1 N–H and O–H groups in total. The van der Waals surface area contributed by atoms with Crippen molar-refractivity contribution in [3.63, 3.8) is 0 Å². The molecule has 13 nitrogen and oxygen atoms in total. The van der Waals surface area contributed by atoms with Gasteiger partial charge in [-0.05, 0) is 38.6 Å². The fourth-order valence-electron chi connectivity index (χ4n) is 4.60. The van der Waals surface area contributed by atoms with E-state index in [-0.39, 0.29) is 11.8 Å². The van der Waals surface area contributed by atoms with Crippen molar-refractivity contribution in [2.75, 3.05) is 65.8 Å². The topological polar surface area (TPSA) is 137 Å². The molecule has 4 rings (SSSR count). The minimum atomic E-state index is -4.06. The Bertz CT molecular complexity index is 1350. The first-order valence-electron chi connectivity index (χ1n) is 13.1. The maximum Gasteiger partial charge on any atom is 0.243 e. The van der Waals surface area contributed by atoms with Crippen molar-refractivity contribution in [2.45, 2.75) is 31.6 Å². The van der Waals surface area contributed by atoms with E-state index >= 15 is 0 Å². The first kappa shape index (κ1) is 29.6. The Hall–Kier alpha value is -3.33. The van der Waals surface area contributed by atoms with E-state index in [4.69, 9.17) is 14.2 Å². The second kappa shape index (κ2) is 12.9. The van der Waals surface area contributed by atoms with Gasteiger partial charge in [-0.3, -0.25) is 9.29 Å². The van der Waals surface area contributed by atoms with Crippen LogP contribution in [0.3, 0.4) is 0 Å². The number of anilines is 1. The average molecular weight is 575 g/mol. The molecule has 1 saturated heterocycles. The van der Waals surface area contributed by atoms with Crippen molar-refractivity contribution in [1.82, 2.24) is 34.5 Å². The highest BCUT2D eigenvalue weighted by Gasteiger charge is 2.35. The second-order valence-corrected chi connectivity index (χ2v) is 11.8. The molecule has 0 aliphatic carbocycles. The summed E-state index contributed by atoms with van der Waals surface area (Å²) in [4.78, 5) is 13.2. The molecule has 2 atom stereocenters. The third kappa shape index (κ3) is 6.52. The van der Waals surface area contributed by atoms with Gasteiger partial charge in [0, 0.05) is 58.6 Å². The Kier molecular flexibility index (Phi) is 9.56. The maximum absolute atomic E-state index is 13.7. The highest BCUT2D eigenvalue weighted by atomic mass is 32.2. The van der Waals surface area contributed by atoms with Crippen molar-refractivity contribution in [1.29, 1.82) is 0 Å². The normalized spacial score (nSPS) is 16.4. The highest BCUT2D eigenvalue weighted by molar-refractivity contribution is 7.93. The van der Waals surface area contributed by atoms with Crippen LogP contribution in [-0.2, 0) is 21.2 Å². The molecule has 1 aromatic carbocycles. The van der Waals surface area contributed by atoms with Crippen molar-refractivity contribution in [3.05, 3.63) is 47.8 Å². The molecule has 2 aromatic heterocycles. The number of methoxy groups -OCH3 is 3. The molecule has 3 heterocycles. The lowest BCUT2D eigenvalue weighted by Gasteiger charge is -2.32. The SMILES string of the molecule is COc1cccc(OC)c1-n1c(CCN2CCN(C)CC2)nnc1NS(=O)(=O)[C@@H](C)[C@H](OC)c1ncc(C)cn1. The van der Waals surface area contributed by atoms with Gasteiger partial charge >= 0.3 is 0 Å². The molecule has 0 spiro atoms. The van der Waals surface area contributed by atoms with Crippen LogP contribution in [0.5, 0.6) is 11.5 Å². The number of rotatable bonds is 12. The van der Waals surface area contributed by atoms with Crippen molar-refractivity contribution >= 4 is 16.0 Å². The van der Waals surface area contributed by atoms with Crippen LogP contribution in [0.1, 0.15) is 30.2 Å². The van der Waals surface area contributed by atoms with Crippen LogP contribution in [0.2, 0.25) is 0 Å². The van der Waals surface area contributed by atoms with Crippen LogP contribution in [0, 0.1) is 6.92 Å². The zero-order valence-electron chi connectivity index (χ0n) is 23.9. The summed E-state index contributed by atoms with van der Waals surface area (Å²) < 4.78 is 48.5. The molecule has 0 amide bonds. The van der Waals surface area contributed by atoms with Crippen LogP contribution in [0.25, 0.3) is 5.69 Å². The lowest BCUT2D eigenvalue weighted by Crippen LogP contribution is -2.45. The quantitative estimate of drug-likeness (QED) is 0.338. The summed E-state index contributed by atoms with van der Waals surface area (Å²) >= 11 is 0. The number of hydrogen-bond acceptors (Lipinski definition) is 11. The molecule has 0 bridgehead atoms. The lowest BCUT2D eigenvalue weighted by molar-refractivity contribution is 0.0949. The molecule has 1 aliphatic rings. The number of ether oxygens (including phenoxy) is 3. The number of hydrogen-bond donors (Lipinski definition) is 1. The third-order valence-corrected chi connectivity index (χ3v) is 8.75. The van der Waals surface area contributed by atoms with E-state index in [1.54, 1.807) is 56.3 Å². The zero-order valence-corrected chi connectivity index (χ0v) is 24.7. The van der Waals surface area contributed by atoms with E-state index in [1.165, 1.54) is 7.11 Å². The molecule has 40 heavy (non-hydrogen) atoms. The van der Waals surface area contributed by atoms with E-state index < -0.39 is 21.4 Å². The van der Waals surface area contributed by atoms with Crippen LogP contribution in [0.15, 0.2) is 30.6 Å². The summed E-state index contributed by atoms with van der Waals surface area (Å²) in [6.45, 7) is 8.00. The average Bonchev–Trinajstić information content (AvgIpc) is 3.34. The van der Waals surface area contributed by atoms with Crippen molar-refractivity contribution < 1.29 is 22.6 Å². The molecule has 1 aliphatic heterocycles. The van der Waals surface area contributed by atoms with Gasteiger partial charge in [0.15, 0.2) is 5.82 Å². The summed E-state index contributed by atoms with van der Waals surface area (Å²) in [5.74, 6) is 1.82.